The zero-order valence-electron chi connectivity index (χ0n) is 22.9. The Hall–Kier alpha value is -2.94. The van der Waals surface area contributed by atoms with Gasteiger partial charge in [-0.1, -0.05) is 30.3 Å². The van der Waals surface area contributed by atoms with Crippen molar-refractivity contribution in [3.05, 3.63) is 64.2 Å². The molecule has 2 aromatic rings. The molecule has 0 heterocycles. The van der Waals surface area contributed by atoms with E-state index in [-0.39, 0.29) is 19.6 Å². The third-order valence-electron chi connectivity index (χ3n) is 6.61. The van der Waals surface area contributed by atoms with Crippen molar-refractivity contribution in [2.45, 2.75) is 64.8 Å². The predicted octanol–water partition coefficient (Wildman–Crippen LogP) is 3.31. The minimum Gasteiger partial charge on any atom is -0.496 e. The summed E-state index contributed by atoms with van der Waals surface area (Å²) in [5.41, 5.74) is 1.90. The minimum atomic E-state index is -1.69. The molecule has 8 nitrogen and oxygen atoms in total. The lowest BCUT2D eigenvalue weighted by molar-refractivity contribution is -0.166. The Kier molecular flexibility index (Phi) is 11.6. The summed E-state index contributed by atoms with van der Waals surface area (Å²) in [5, 5.41) is 19.4. The maximum Gasteiger partial charge on any atom is 0.328 e. The molecule has 0 amide bonds. The molecule has 2 rings (SSSR count). The maximum absolute atomic E-state index is 13.4. The quantitative estimate of drug-likeness (QED) is 0.292. The molecule has 37 heavy (non-hydrogen) atoms. The van der Waals surface area contributed by atoms with Gasteiger partial charge in [0.15, 0.2) is 5.41 Å². The second-order valence-electron chi connectivity index (χ2n) is 9.61. The zero-order chi connectivity index (χ0) is 27.6. The fraction of sp³-hybridized carbons (Fsp3) is 0.517. The lowest BCUT2D eigenvalue weighted by Gasteiger charge is -2.31. The first-order chi connectivity index (χ1) is 17.6. The first-order valence-electron chi connectivity index (χ1n) is 12.6. The van der Waals surface area contributed by atoms with Crippen molar-refractivity contribution in [2.24, 2.45) is 0 Å². The molecule has 0 aliphatic carbocycles. The van der Waals surface area contributed by atoms with Gasteiger partial charge in [0.25, 0.3) is 0 Å². The Labute approximate surface area is 220 Å². The average molecular weight is 516 g/mol. The van der Waals surface area contributed by atoms with Crippen LogP contribution in [0.5, 0.6) is 5.75 Å². The first-order valence-corrected chi connectivity index (χ1v) is 12.6. The van der Waals surface area contributed by atoms with Crippen molar-refractivity contribution < 1.29 is 34.0 Å². The summed E-state index contributed by atoms with van der Waals surface area (Å²) in [6.45, 7) is 6.27. The number of esters is 2. The predicted molar refractivity (Wildman–Crippen MR) is 141 cm³/mol. The molecule has 0 spiro atoms. The van der Waals surface area contributed by atoms with Gasteiger partial charge in [-0.3, -0.25) is 9.59 Å². The van der Waals surface area contributed by atoms with E-state index in [1.807, 2.05) is 26.1 Å². The molecular formula is C29H41NO7. The Morgan fingerprint density at radius 2 is 1.68 bits per heavy atom. The summed E-state index contributed by atoms with van der Waals surface area (Å²) < 4.78 is 16.1. The highest BCUT2D eigenvalue weighted by atomic mass is 16.6. The fourth-order valence-corrected chi connectivity index (χ4v) is 4.42. The van der Waals surface area contributed by atoms with Crippen LogP contribution in [-0.4, -0.2) is 67.5 Å². The van der Waals surface area contributed by atoms with Crippen LogP contribution in [0, 0.1) is 6.92 Å². The smallest absolute Gasteiger partial charge is 0.328 e. The second kappa shape index (κ2) is 14.1. The van der Waals surface area contributed by atoms with E-state index < -0.39 is 23.5 Å². The average Bonchev–Trinajstić information content (AvgIpc) is 2.89. The molecule has 8 heteroatoms. The van der Waals surface area contributed by atoms with Crippen LogP contribution in [0.2, 0.25) is 0 Å². The van der Waals surface area contributed by atoms with Gasteiger partial charge in [-0.25, -0.2) is 0 Å². The van der Waals surface area contributed by atoms with Gasteiger partial charge >= 0.3 is 11.9 Å². The molecule has 1 atom stereocenters. The van der Waals surface area contributed by atoms with Crippen molar-refractivity contribution in [1.29, 1.82) is 0 Å². The number of aliphatic hydroxyl groups is 2. The molecule has 2 N–H and O–H groups in total. The van der Waals surface area contributed by atoms with Crippen LogP contribution < -0.4 is 4.74 Å². The van der Waals surface area contributed by atoms with E-state index in [1.54, 1.807) is 39.2 Å². The van der Waals surface area contributed by atoms with Gasteiger partial charge in [0.2, 0.25) is 0 Å². The van der Waals surface area contributed by atoms with E-state index in [1.165, 1.54) is 12.7 Å². The lowest BCUT2D eigenvalue weighted by Crippen LogP contribution is -2.47. The van der Waals surface area contributed by atoms with Gasteiger partial charge in [-0.15, -0.1) is 0 Å². The zero-order valence-corrected chi connectivity index (χ0v) is 22.9. The van der Waals surface area contributed by atoms with E-state index in [0.29, 0.717) is 29.7 Å². The number of ether oxygens (including phenoxy) is 3. The maximum atomic E-state index is 13.4. The number of aryl methyl sites for hydroxylation is 1. The SMILES string of the molecule is COC(=O)C(CCCN(C)CCc1ccc(C)c(OC)c1)(C(=O)OC(C)C)c1ccc(CO)c(CO)c1. The number of hydrogen-bond donors (Lipinski definition) is 2. The highest BCUT2D eigenvalue weighted by molar-refractivity contribution is 6.06. The third kappa shape index (κ3) is 7.53. The number of benzene rings is 2. The number of likely N-dealkylation sites (N-methyl/N-ethyl adjacent to an activating group) is 1. The van der Waals surface area contributed by atoms with Crippen LogP contribution in [0.1, 0.15) is 54.5 Å². The van der Waals surface area contributed by atoms with Crippen LogP contribution in [0.15, 0.2) is 36.4 Å². The van der Waals surface area contributed by atoms with E-state index >= 15 is 0 Å². The molecular weight excluding hydrogens is 474 g/mol. The number of aliphatic hydroxyl groups excluding tert-OH is 2. The van der Waals surface area contributed by atoms with Crippen LogP contribution in [0.25, 0.3) is 0 Å². The molecule has 0 radical (unpaired) electrons. The summed E-state index contributed by atoms with van der Waals surface area (Å²) in [6.07, 6.45) is 1.08. The largest absolute Gasteiger partial charge is 0.496 e. The van der Waals surface area contributed by atoms with Crippen LogP contribution >= 0.6 is 0 Å². The Balaban J connectivity index is 2.25. The van der Waals surface area contributed by atoms with Gasteiger partial charge in [0.1, 0.15) is 5.75 Å². The van der Waals surface area contributed by atoms with Crippen molar-refractivity contribution in [3.63, 3.8) is 0 Å². The van der Waals surface area contributed by atoms with Crippen LogP contribution in [0.4, 0.5) is 0 Å². The molecule has 1 unspecified atom stereocenters. The molecule has 0 saturated heterocycles. The van der Waals surface area contributed by atoms with Crippen molar-refractivity contribution in [2.75, 3.05) is 34.4 Å². The lowest BCUT2D eigenvalue weighted by atomic mass is 9.75. The van der Waals surface area contributed by atoms with Gasteiger partial charge in [0, 0.05) is 6.54 Å². The highest BCUT2D eigenvalue weighted by Gasteiger charge is 2.50. The molecule has 0 saturated carbocycles. The molecule has 204 valence electrons. The summed E-state index contributed by atoms with van der Waals surface area (Å²) in [5.74, 6) is -0.543. The third-order valence-corrected chi connectivity index (χ3v) is 6.61. The Morgan fingerprint density at radius 1 is 0.973 bits per heavy atom. The fourth-order valence-electron chi connectivity index (χ4n) is 4.42. The summed E-state index contributed by atoms with van der Waals surface area (Å²) in [7, 11) is 4.91. The van der Waals surface area contributed by atoms with E-state index in [2.05, 4.69) is 11.0 Å². The van der Waals surface area contributed by atoms with Gasteiger partial charge < -0.3 is 29.3 Å². The number of hydrogen-bond acceptors (Lipinski definition) is 8. The number of carbonyl (C=O) groups is 2. The van der Waals surface area contributed by atoms with Gasteiger partial charge in [-0.05, 0) is 87.5 Å². The van der Waals surface area contributed by atoms with Crippen molar-refractivity contribution >= 4 is 11.9 Å². The number of methoxy groups -OCH3 is 2. The first kappa shape index (κ1) is 30.3. The summed E-state index contributed by atoms with van der Waals surface area (Å²) in [6, 6.07) is 11.0. The van der Waals surface area contributed by atoms with Gasteiger partial charge in [0.05, 0.1) is 33.5 Å². The summed E-state index contributed by atoms with van der Waals surface area (Å²) in [4.78, 5) is 28.8. The van der Waals surface area contributed by atoms with Gasteiger partial charge in [-0.2, -0.15) is 0 Å². The Bertz CT molecular complexity index is 1050. The monoisotopic (exact) mass is 515 g/mol. The van der Waals surface area contributed by atoms with Crippen molar-refractivity contribution in [1.82, 2.24) is 4.90 Å². The van der Waals surface area contributed by atoms with Crippen molar-refractivity contribution in [3.8, 4) is 5.75 Å². The van der Waals surface area contributed by atoms with E-state index in [9.17, 15) is 19.8 Å². The Morgan fingerprint density at radius 3 is 2.27 bits per heavy atom. The molecule has 0 aromatic heterocycles. The summed E-state index contributed by atoms with van der Waals surface area (Å²) >= 11 is 0. The molecule has 0 aliphatic rings. The van der Waals surface area contributed by atoms with E-state index in [4.69, 9.17) is 14.2 Å². The normalized spacial score (nSPS) is 12.9. The standard InChI is InChI=1S/C29H41NO7/c1-20(2)37-28(34)29(27(33)36-6,25-11-10-23(18-31)24(17-25)19-32)13-7-14-30(4)15-12-22-9-8-21(3)26(16-22)35-5/h8-11,16-17,20,31-32H,7,12-15,18-19H2,1-6H3. The topological polar surface area (TPSA) is 106 Å². The van der Waals surface area contributed by atoms with E-state index in [0.717, 1.165) is 24.3 Å². The highest BCUT2D eigenvalue weighted by Crippen LogP contribution is 2.35. The number of carbonyl (C=O) groups excluding carboxylic acids is 2. The molecule has 0 aliphatic heterocycles. The molecule has 2 aromatic carbocycles. The second-order valence-corrected chi connectivity index (χ2v) is 9.61. The van der Waals surface area contributed by atoms with Crippen LogP contribution in [0.3, 0.4) is 0 Å². The van der Waals surface area contributed by atoms with Crippen LogP contribution in [-0.2, 0) is 44.1 Å². The number of rotatable bonds is 14. The molecule has 0 fully saturated rings. The number of nitrogens with zero attached hydrogens (tertiary/aromatic N) is 1. The molecule has 0 bridgehead atoms. The minimum absolute atomic E-state index is 0.164.